The van der Waals surface area contributed by atoms with E-state index in [0.717, 1.165) is 16.7 Å². The highest BCUT2D eigenvalue weighted by molar-refractivity contribution is 7.73. The fourth-order valence-electron chi connectivity index (χ4n) is 1.98. The van der Waals surface area contributed by atoms with Gasteiger partial charge in [-0.1, -0.05) is 6.07 Å². The van der Waals surface area contributed by atoms with Crippen molar-refractivity contribution in [3.8, 4) is 22.6 Å². The van der Waals surface area contributed by atoms with Crippen LogP contribution in [-0.2, 0) is 10.6 Å². The Morgan fingerprint density at radius 2 is 1.84 bits per heavy atom. The summed E-state index contributed by atoms with van der Waals surface area (Å²) in [5.41, 5.74) is 2.45. The van der Waals surface area contributed by atoms with Gasteiger partial charge in [-0.25, -0.2) is 4.21 Å². The topological polar surface area (TPSA) is 70.4 Å². The third-order valence-electron chi connectivity index (χ3n) is 2.92. The molecule has 0 aliphatic rings. The summed E-state index contributed by atoms with van der Waals surface area (Å²) in [5, 5.41) is 9.43. The largest absolute Gasteiger partial charge is 0.508 e. The van der Waals surface area contributed by atoms with E-state index in [1.165, 1.54) is 7.11 Å². The number of phenolic OH excluding ortho intramolecular Hbond substituents is 1. The number of aromatic hydroxyl groups is 1. The summed E-state index contributed by atoms with van der Waals surface area (Å²) >= 11 is 0. The lowest BCUT2D eigenvalue weighted by molar-refractivity contribution is 0.413. The first-order valence-electron chi connectivity index (χ1n) is 5.69. The van der Waals surface area contributed by atoms with Crippen LogP contribution >= 0.6 is 0 Å². The van der Waals surface area contributed by atoms with E-state index in [4.69, 9.17) is 9.52 Å². The molecule has 0 radical (unpaired) electrons. The summed E-state index contributed by atoms with van der Waals surface area (Å²) in [6.45, 7) is 1.86. The Bertz CT molecular complexity index is 685. The Morgan fingerprint density at radius 3 is 2.42 bits per heavy atom. The van der Waals surface area contributed by atoms with Crippen LogP contribution in [0.5, 0.6) is 11.5 Å². The minimum absolute atomic E-state index is 0.187. The van der Waals surface area contributed by atoms with Gasteiger partial charge in [0.2, 0.25) is 0 Å². The minimum Gasteiger partial charge on any atom is -0.508 e. The molecule has 2 N–H and O–H groups in total. The summed E-state index contributed by atoms with van der Waals surface area (Å²) < 4.78 is 24.2. The third-order valence-corrected chi connectivity index (χ3v) is 3.73. The Kier molecular flexibility index (Phi) is 3.76. The van der Waals surface area contributed by atoms with Crippen molar-refractivity contribution in [1.82, 2.24) is 0 Å². The maximum atomic E-state index is 11.6. The maximum Gasteiger partial charge on any atom is 0.120 e. The summed E-state index contributed by atoms with van der Waals surface area (Å²) in [6.07, 6.45) is 0. The second-order valence-corrected chi connectivity index (χ2v) is 5.25. The number of thiol groups is 1. The first kappa shape index (κ1) is 13.4. The zero-order valence-electron chi connectivity index (χ0n) is 10.7. The first-order valence-corrected chi connectivity index (χ1v) is 6.95. The molecule has 0 aromatic heterocycles. The number of aryl methyl sites for hydroxylation is 1. The van der Waals surface area contributed by atoms with Crippen molar-refractivity contribution in [2.45, 2.75) is 11.8 Å². The van der Waals surface area contributed by atoms with Gasteiger partial charge in [0.15, 0.2) is 0 Å². The van der Waals surface area contributed by atoms with Crippen molar-refractivity contribution in [2.24, 2.45) is 0 Å². The van der Waals surface area contributed by atoms with Crippen molar-refractivity contribution in [3.05, 3.63) is 42.0 Å². The van der Waals surface area contributed by atoms with Crippen LogP contribution in [0.1, 0.15) is 5.56 Å². The second kappa shape index (κ2) is 5.32. The molecule has 4 nitrogen and oxygen atoms in total. The van der Waals surface area contributed by atoms with Gasteiger partial charge in [-0.3, -0.25) is 4.78 Å². The number of methoxy groups -OCH3 is 1. The predicted molar refractivity (Wildman–Crippen MR) is 75.4 cm³/mol. The maximum absolute atomic E-state index is 11.6. The van der Waals surface area contributed by atoms with E-state index >= 15 is 0 Å². The molecule has 1 atom stereocenters. The van der Waals surface area contributed by atoms with E-state index in [2.05, 4.69) is 0 Å². The summed E-state index contributed by atoms with van der Waals surface area (Å²) in [7, 11) is -0.695. The Labute approximate surface area is 113 Å². The van der Waals surface area contributed by atoms with Gasteiger partial charge in [0.05, 0.1) is 22.6 Å². The van der Waals surface area contributed by atoms with Crippen molar-refractivity contribution in [3.63, 3.8) is 0 Å². The average Bonchev–Trinajstić information content (AvgIpc) is 2.38. The van der Waals surface area contributed by atoms with Crippen molar-refractivity contribution in [1.29, 1.82) is 4.78 Å². The predicted octanol–water partition coefficient (Wildman–Crippen LogP) is 2.98. The molecule has 100 valence electrons. The highest BCUT2D eigenvalue weighted by atomic mass is 32.2. The van der Waals surface area contributed by atoms with E-state index in [1.807, 2.05) is 6.92 Å². The Hall–Kier alpha value is -2.01. The van der Waals surface area contributed by atoms with Crippen LogP contribution in [0.3, 0.4) is 0 Å². The van der Waals surface area contributed by atoms with Crippen molar-refractivity contribution in [2.75, 3.05) is 7.11 Å². The van der Waals surface area contributed by atoms with Gasteiger partial charge in [-0.15, -0.1) is 0 Å². The molecule has 0 bridgehead atoms. The van der Waals surface area contributed by atoms with Crippen LogP contribution in [0.15, 0.2) is 41.3 Å². The fourth-order valence-corrected chi connectivity index (χ4v) is 2.64. The summed E-state index contributed by atoms with van der Waals surface area (Å²) in [6, 6.07) is 10.1. The zero-order chi connectivity index (χ0) is 14.0. The molecule has 0 heterocycles. The van der Waals surface area contributed by atoms with Gasteiger partial charge >= 0.3 is 0 Å². The van der Waals surface area contributed by atoms with Gasteiger partial charge in [0, 0.05) is 0 Å². The van der Waals surface area contributed by atoms with Gasteiger partial charge in [0.1, 0.15) is 11.5 Å². The number of hydrogen-bond acceptors (Lipinski definition) is 4. The SMILES string of the molecule is COc1ccc(-c2ccc(O)cc2C)c([SH](=N)=O)c1. The van der Waals surface area contributed by atoms with Gasteiger partial charge in [-0.05, 0) is 53.9 Å². The molecular formula is C14H15NO3S. The number of rotatable bonds is 3. The van der Waals surface area contributed by atoms with Gasteiger partial charge in [0.25, 0.3) is 0 Å². The monoisotopic (exact) mass is 277 g/mol. The lowest BCUT2D eigenvalue weighted by Crippen LogP contribution is -1.91. The molecule has 2 rings (SSSR count). The van der Waals surface area contributed by atoms with Crippen LogP contribution < -0.4 is 4.74 Å². The molecule has 0 aliphatic heterocycles. The van der Waals surface area contributed by atoms with E-state index in [1.54, 1.807) is 36.4 Å². The lowest BCUT2D eigenvalue weighted by Gasteiger charge is -2.11. The quantitative estimate of drug-likeness (QED) is 0.755. The molecule has 5 heteroatoms. The molecule has 0 fully saturated rings. The molecule has 0 saturated heterocycles. The molecule has 0 amide bonds. The van der Waals surface area contributed by atoms with Crippen LogP contribution in [0.25, 0.3) is 11.1 Å². The number of nitrogens with one attached hydrogen (secondary N) is 1. The Balaban J connectivity index is 2.67. The molecule has 19 heavy (non-hydrogen) atoms. The molecule has 1 unspecified atom stereocenters. The van der Waals surface area contributed by atoms with Gasteiger partial charge in [-0.2, -0.15) is 0 Å². The van der Waals surface area contributed by atoms with E-state index in [9.17, 15) is 9.32 Å². The molecule has 0 spiro atoms. The second-order valence-electron chi connectivity index (χ2n) is 4.18. The summed E-state index contributed by atoms with van der Waals surface area (Å²) in [5.74, 6) is 0.761. The molecule has 2 aromatic rings. The number of benzene rings is 2. The van der Waals surface area contributed by atoms with Crippen LogP contribution in [0.4, 0.5) is 0 Å². The van der Waals surface area contributed by atoms with E-state index < -0.39 is 10.6 Å². The van der Waals surface area contributed by atoms with Crippen LogP contribution in [0, 0.1) is 11.7 Å². The minimum atomic E-state index is -2.22. The first-order chi connectivity index (χ1) is 9.02. The van der Waals surface area contributed by atoms with Crippen molar-refractivity contribution >= 4 is 10.6 Å². The lowest BCUT2D eigenvalue weighted by atomic mass is 10.0. The highest BCUT2D eigenvalue weighted by Gasteiger charge is 2.10. The summed E-state index contributed by atoms with van der Waals surface area (Å²) in [4.78, 5) is 0.433. The van der Waals surface area contributed by atoms with Crippen LogP contribution in [0.2, 0.25) is 0 Å². The molecule has 0 aliphatic carbocycles. The smallest absolute Gasteiger partial charge is 0.120 e. The standard InChI is InChI=1S/C14H15NO3S/c1-9-7-10(16)3-5-12(9)13-6-4-11(18-2)8-14(13)19(15)17/h3-8,15-16,19H,1-2H3. The van der Waals surface area contributed by atoms with Gasteiger partial charge < -0.3 is 9.84 Å². The number of hydrogen-bond donors (Lipinski definition) is 3. The molecule has 2 aromatic carbocycles. The van der Waals surface area contributed by atoms with E-state index in [-0.39, 0.29) is 5.75 Å². The zero-order valence-corrected chi connectivity index (χ0v) is 11.6. The molecule has 0 saturated carbocycles. The molecular weight excluding hydrogens is 262 g/mol. The number of phenols is 1. The Morgan fingerprint density at radius 1 is 1.16 bits per heavy atom. The average molecular weight is 277 g/mol. The normalized spacial score (nSPS) is 12.1. The van der Waals surface area contributed by atoms with Crippen molar-refractivity contribution < 1.29 is 14.1 Å². The third kappa shape index (κ3) is 2.71. The highest BCUT2D eigenvalue weighted by Crippen LogP contribution is 2.32. The number of ether oxygens (including phenoxy) is 1. The fraction of sp³-hybridized carbons (Fsp3) is 0.143. The van der Waals surface area contributed by atoms with E-state index in [0.29, 0.717) is 10.6 Å². The van der Waals surface area contributed by atoms with Crippen LogP contribution in [-0.4, -0.2) is 16.4 Å².